The summed E-state index contributed by atoms with van der Waals surface area (Å²) in [5, 5.41) is 6.79. The average molecular weight is 276 g/mol. The fraction of sp³-hybridized carbons (Fsp3) is 0.750. The van der Waals surface area contributed by atoms with Crippen LogP contribution in [0.25, 0.3) is 0 Å². The summed E-state index contributed by atoms with van der Waals surface area (Å²) < 4.78 is 0. The molecular weight excluding hydrogens is 248 g/mol. The van der Waals surface area contributed by atoms with E-state index in [0.717, 1.165) is 18.2 Å². The first-order valence-electron chi connectivity index (χ1n) is 7.88. The Balaban J connectivity index is 2.16. The molecule has 0 spiro atoms. The van der Waals surface area contributed by atoms with Crippen molar-refractivity contribution in [3.8, 4) is 0 Å². The van der Waals surface area contributed by atoms with Gasteiger partial charge in [-0.1, -0.05) is 33.6 Å². The second-order valence-corrected chi connectivity index (χ2v) is 6.30. The van der Waals surface area contributed by atoms with Crippen LogP contribution >= 0.6 is 0 Å². The molecule has 0 bridgehead atoms. The van der Waals surface area contributed by atoms with Crippen LogP contribution in [0, 0.1) is 5.41 Å². The minimum atomic E-state index is 0.405. The van der Waals surface area contributed by atoms with Gasteiger partial charge in [-0.25, -0.2) is 9.97 Å². The molecule has 1 heterocycles. The maximum atomic E-state index is 4.47. The van der Waals surface area contributed by atoms with Gasteiger partial charge in [0.25, 0.3) is 0 Å². The molecule has 112 valence electrons. The Hall–Kier alpha value is -1.32. The van der Waals surface area contributed by atoms with Crippen LogP contribution in [0.3, 0.4) is 0 Å². The molecule has 0 saturated heterocycles. The van der Waals surface area contributed by atoms with Crippen LogP contribution in [0.15, 0.2) is 6.33 Å². The van der Waals surface area contributed by atoms with Gasteiger partial charge >= 0.3 is 0 Å². The van der Waals surface area contributed by atoms with Crippen LogP contribution in [-0.4, -0.2) is 23.6 Å². The lowest BCUT2D eigenvalue weighted by Crippen LogP contribution is -2.27. The molecule has 4 heteroatoms. The maximum Gasteiger partial charge on any atom is 0.135 e. The molecule has 1 aromatic rings. The van der Waals surface area contributed by atoms with Crippen molar-refractivity contribution in [2.45, 2.75) is 58.8 Å². The number of nitrogens with one attached hydrogen (secondary N) is 2. The predicted octanol–water partition coefficient (Wildman–Crippen LogP) is 4.02. The van der Waals surface area contributed by atoms with Crippen LogP contribution in [-0.2, 0) is 0 Å². The second-order valence-electron chi connectivity index (χ2n) is 6.30. The number of rotatable bonds is 6. The van der Waals surface area contributed by atoms with E-state index in [2.05, 4.69) is 41.4 Å². The smallest absolute Gasteiger partial charge is 0.135 e. The lowest BCUT2D eigenvalue weighted by atomic mass is 9.83. The van der Waals surface area contributed by atoms with Crippen molar-refractivity contribution < 1.29 is 0 Å². The quantitative estimate of drug-likeness (QED) is 0.824. The Morgan fingerprint density at radius 1 is 1.20 bits per heavy atom. The van der Waals surface area contributed by atoms with Crippen LogP contribution in [0.4, 0.5) is 11.6 Å². The third-order valence-corrected chi connectivity index (χ3v) is 4.74. The number of nitrogens with zero attached hydrogens (tertiary/aromatic N) is 2. The SMILES string of the molecule is CCC1(CNc2ncnc(NC)c2C(C)C)CCCC1. The molecule has 0 atom stereocenters. The van der Waals surface area contributed by atoms with Crippen LogP contribution < -0.4 is 10.6 Å². The molecule has 1 fully saturated rings. The summed E-state index contributed by atoms with van der Waals surface area (Å²) in [5.74, 6) is 2.34. The number of aromatic nitrogens is 2. The topological polar surface area (TPSA) is 49.8 Å². The molecular formula is C16H28N4. The van der Waals surface area contributed by atoms with Gasteiger partial charge in [-0.2, -0.15) is 0 Å². The predicted molar refractivity (Wildman–Crippen MR) is 85.3 cm³/mol. The van der Waals surface area contributed by atoms with Crippen molar-refractivity contribution in [1.82, 2.24) is 9.97 Å². The molecule has 1 saturated carbocycles. The second kappa shape index (κ2) is 6.42. The molecule has 20 heavy (non-hydrogen) atoms. The first-order valence-corrected chi connectivity index (χ1v) is 7.88. The van der Waals surface area contributed by atoms with E-state index in [9.17, 15) is 0 Å². The van der Waals surface area contributed by atoms with Crippen molar-refractivity contribution >= 4 is 11.6 Å². The Bertz CT molecular complexity index is 436. The highest BCUT2D eigenvalue weighted by atomic mass is 15.1. The third kappa shape index (κ3) is 3.05. The highest BCUT2D eigenvalue weighted by Gasteiger charge is 2.32. The molecule has 4 nitrogen and oxygen atoms in total. The van der Waals surface area contributed by atoms with Gasteiger partial charge in [0.15, 0.2) is 0 Å². The number of hydrogen-bond acceptors (Lipinski definition) is 4. The highest BCUT2D eigenvalue weighted by Crippen LogP contribution is 2.41. The van der Waals surface area contributed by atoms with Crippen molar-refractivity contribution in [1.29, 1.82) is 0 Å². The van der Waals surface area contributed by atoms with Crippen molar-refractivity contribution in [2.24, 2.45) is 5.41 Å². The van der Waals surface area contributed by atoms with Crippen LogP contribution in [0.2, 0.25) is 0 Å². The van der Waals surface area contributed by atoms with Gasteiger partial charge in [0.2, 0.25) is 0 Å². The lowest BCUT2D eigenvalue weighted by Gasteiger charge is -2.29. The largest absolute Gasteiger partial charge is 0.373 e. The van der Waals surface area contributed by atoms with Gasteiger partial charge in [0, 0.05) is 19.2 Å². The van der Waals surface area contributed by atoms with E-state index in [1.165, 1.54) is 37.7 Å². The Labute approximate surface area is 122 Å². The summed E-state index contributed by atoms with van der Waals surface area (Å²) in [6.07, 6.45) is 8.33. The van der Waals surface area contributed by atoms with Gasteiger partial charge in [-0.15, -0.1) is 0 Å². The summed E-state index contributed by atoms with van der Waals surface area (Å²) in [5.41, 5.74) is 1.66. The summed E-state index contributed by atoms with van der Waals surface area (Å²) >= 11 is 0. The molecule has 2 rings (SSSR count). The van der Waals surface area contributed by atoms with Crippen LogP contribution in [0.1, 0.15) is 64.4 Å². The highest BCUT2D eigenvalue weighted by molar-refractivity contribution is 5.58. The number of hydrogen-bond donors (Lipinski definition) is 2. The molecule has 0 aliphatic heterocycles. The van der Waals surface area contributed by atoms with E-state index in [-0.39, 0.29) is 0 Å². The molecule has 1 aliphatic carbocycles. The standard InChI is InChI=1S/C16H28N4/c1-5-16(8-6-7-9-16)10-18-15-13(12(2)3)14(17-4)19-11-20-15/h11-12H,5-10H2,1-4H3,(H2,17,18,19,20). The first-order chi connectivity index (χ1) is 9.62. The van der Waals surface area contributed by atoms with Crippen molar-refractivity contribution in [3.05, 3.63) is 11.9 Å². The van der Waals surface area contributed by atoms with E-state index < -0.39 is 0 Å². The zero-order valence-electron chi connectivity index (χ0n) is 13.3. The van der Waals surface area contributed by atoms with Gasteiger partial charge in [0.1, 0.15) is 18.0 Å². The monoisotopic (exact) mass is 276 g/mol. The summed E-state index contributed by atoms with van der Waals surface area (Å²) in [4.78, 5) is 8.81. The van der Waals surface area contributed by atoms with E-state index in [1.54, 1.807) is 6.33 Å². The minimum absolute atomic E-state index is 0.405. The minimum Gasteiger partial charge on any atom is -0.373 e. The van der Waals surface area contributed by atoms with E-state index in [4.69, 9.17) is 0 Å². The van der Waals surface area contributed by atoms with Crippen LogP contribution in [0.5, 0.6) is 0 Å². The molecule has 1 aliphatic rings. The Morgan fingerprint density at radius 2 is 1.85 bits per heavy atom. The zero-order chi connectivity index (χ0) is 14.6. The van der Waals surface area contributed by atoms with Crippen molar-refractivity contribution in [2.75, 3.05) is 24.2 Å². The average Bonchev–Trinajstić information content (AvgIpc) is 2.93. The summed E-state index contributed by atoms with van der Waals surface area (Å²) in [6, 6.07) is 0. The Kier molecular flexibility index (Phi) is 4.84. The van der Waals surface area contributed by atoms with Gasteiger partial charge in [-0.3, -0.25) is 0 Å². The molecule has 0 unspecified atom stereocenters. The van der Waals surface area contributed by atoms with Gasteiger partial charge in [0.05, 0.1) is 0 Å². The summed E-state index contributed by atoms with van der Waals surface area (Å²) in [7, 11) is 1.92. The first kappa shape index (κ1) is 15.1. The molecule has 0 radical (unpaired) electrons. The lowest BCUT2D eigenvalue weighted by molar-refractivity contribution is 0.306. The van der Waals surface area contributed by atoms with Crippen molar-refractivity contribution in [3.63, 3.8) is 0 Å². The fourth-order valence-electron chi connectivity index (χ4n) is 3.33. The van der Waals surface area contributed by atoms with E-state index in [1.807, 2.05) is 7.05 Å². The van der Waals surface area contributed by atoms with Gasteiger partial charge < -0.3 is 10.6 Å². The maximum absolute atomic E-state index is 4.47. The Morgan fingerprint density at radius 3 is 2.40 bits per heavy atom. The van der Waals surface area contributed by atoms with E-state index >= 15 is 0 Å². The van der Waals surface area contributed by atoms with Gasteiger partial charge in [-0.05, 0) is 30.6 Å². The zero-order valence-corrected chi connectivity index (χ0v) is 13.3. The molecule has 0 aromatic carbocycles. The number of anilines is 2. The summed E-state index contributed by atoms with van der Waals surface area (Å²) in [6.45, 7) is 7.73. The van der Waals surface area contributed by atoms with E-state index in [0.29, 0.717) is 11.3 Å². The normalized spacial score (nSPS) is 17.4. The third-order valence-electron chi connectivity index (χ3n) is 4.74. The molecule has 0 amide bonds. The fourth-order valence-corrected chi connectivity index (χ4v) is 3.33. The molecule has 1 aromatic heterocycles. The molecule has 2 N–H and O–H groups in total.